The maximum atomic E-state index is 15.1. The molecule has 11 heteroatoms. The van der Waals surface area contributed by atoms with Crippen LogP contribution in [0.1, 0.15) is 49.5 Å². The molecule has 2 saturated heterocycles. The number of cyclic esters (lactones) is 1. The molecule has 2 fully saturated rings. The number of imide groups is 1. The van der Waals surface area contributed by atoms with Crippen molar-refractivity contribution in [2.24, 2.45) is 5.41 Å². The normalized spacial score (nSPS) is 18.9. The van der Waals surface area contributed by atoms with Gasteiger partial charge in [-0.3, -0.25) is 4.79 Å². The first-order valence-corrected chi connectivity index (χ1v) is 18.4. The highest BCUT2D eigenvalue weighted by atomic mass is 32.2. The average molecular weight is 725 g/mol. The quantitative estimate of drug-likeness (QED) is 0.131. The lowest BCUT2D eigenvalue weighted by molar-refractivity contribution is -0.295. The Morgan fingerprint density at radius 2 is 1.50 bits per heavy atom. The fourth-order valence-corrected chi connectivity index (χ4v) is 7.54. The van der Waals surface area contributed by atoms with Gasteiger partial charge in [-0.2, -0.15) is 0 Å². The van der Waals surface area contributed by atoms with Crippen LogP contribution in [0.5, 0.6) is 5.75 Å². The predicted octanol–water partition coefficient (Wildman–Crippen LogP) is 7.53. The summed E-state index contributed by atoms with van der Waals surface area (Å²) in [5, 5.41) is 2.71. The molecule has 4 aromatic carbocycles. The van der Waals surface area contributed by atoms with Crippen LogP contribution in [-0.2, 0) is 34.3 Å². The molecule has 2 heterocycles. The fraction of sp³-hybridized carbons (Fsp3) is 0.341. The Hall–Kier alpha value is -4.84. The molecule has 0 aliphatic carbocycles. The summed E-state index contributed by atoms with van der Waals surface area (Å²) < 4.78 is 29.4. The van der Waals surface area contributed by atoms with E-state index in [1.54, 1.807) is 19.1 Å². The molecule has 0 aromatic heterocycles. The molecule has 1 N–H and O–H groups in total. The third kappa shape index (κ3) is 8.78. The number of thioether (sulfide) groups is 1. The first kappa shape index (κ1) is 36.9. The van der Waals surface area contributed by atoms with Gasteiger partial charge in [0.05, 0.1) is 31.6 Å². The Morgan fingerprint density at radius 3 is 2.13 bits per heavy atom. The number of nitrogens with zero attached hydrogens (tertiary/aromatic N) is 1. The average Bonchev–Trinajstić information content (AvgIpc) is 3.56. The molecule has 3 atom stereocenters. The molecule has 0 unspecified atom stereocenters. The summed E-state index contributed by atoms with van der Waals surface area (Å²) in [5.41, 5.74) is 2.96. The van der Waals surface area contributed by atoms with Crippen LogP contribution in [0.15, 0.2) is 115 Å². The minimum Gasteiger partial charge on any atom is -0.482 e. The molecule has 52 heavy (non-hydrogen) atoms. The first-order chi connectivity index (χ1) is 25.2. The maximum Gasteiger partial charge on any atom is 0.417 e. The number of rotatable bonds is 14. The maximum absolute atomic E-state index is 15.1. The highest BCUT2D eigenvalue weighted by Crippen LogP contribution is 2.43. The van der Waals surface area contributed by atoms with Crippen molar-refractivity contribution in [3.05, 3.63) is 132 Å². The number of nitrogens with one attached hydrogen (secondary N) is 1. The zero-order valence-electron chi connectivity index (χ0n) is 29.6. The number of hydrogen-bond donors (Lipinski definition) is 1. The van der Waals surface area contributed by atoms with Crippen molar-refractivity contribution in [3.8, 4) is 5.75 Å². The van der Waals surface area contributed by atoms with Crippen LogP contribution >= 0.6 is 11.8 Å². The summed E-state index contributed by atoms with van der Waals surface area (Å²) >= 11 is 1.36. The van der Waals surface area contributed by atoms with Crippen LogP contribution in [-0.4, -0.2) is 66.9 Å². The molecule has 0 radical (unpaired) electrons. The third-order valence-corrected chi connectivity index (χ3v) is 10.3. The van der Waals surface area contributed by atoms with Gasteiger partial charge in [-0.15, -0.1) is 11.8 Å². The van der Waals surface area contributed by atoms with Gasteiger partial charge in [0.2, 0.25) is 11.7 Å². The van der Waals surface area contributed by atoms with E-state index in [1.165, 1.54) is 16.7 Å². The summed E-state index contributed by atoms with van der Waals surface area (Å²) in [6.45, 7) is 6.89. The molecule has 272 valence electrons. The van der Waals surface area contributed by atoms with Gasteiger partial charge in [0.1, 0.15) is 23.6 Å². The van der Waals surface area contributed by atoms with E-state index in [9.17, 15) is 9.59 Å². The number of carbonyl (C=O) groups excluding carboxylic acids is 3. The Morgan fingerprint density at radius 1 is 0.885 bits per heavy atom. The Kier molecular flexibility index (Phi) is 11.8. The van der Waals surface area contributed by atoms with Gasteiger partial charge in [0, 0.05) is 16.7 Å². The van der Waals surface area contributed by atoms with Crippen LogP contribution in [0, 0.1) is 5.41 Å². The second-order valence-electron chi connectivity index (χ2n) is 13.5. The van der Waals surface area contributed by atoms with Gasteiger partial charge in [-0.1, -0.05) is 105 Å². The van der Waals surface area contributed by atoms with Gasteiger partial charge in [-0.25, -0.2) is 14.5 Å². The van der Waals surface area contributed by atoms with Crippen LogP contribution in [0.4, 0.5) is 10.5 Å². The number of amides is 2. The highest BCUT2D eigenvalue weighted by molar-refractivity contribution is 8.00. The number of anilines is 1. The highest BCUT2D eigenvalue weighted by Gasteiger charge is 2.48. The number of hydrogen-bond acceptors (Lipinski definition) is 10. The second kappa shape index (κ2) is 16.7. The molecule has 10 nitrogen and oxygen atoms in total. The minimum atomic E-state index is -1.15. The van der Waals surface area contributed by atoms with Gasteiger partial charge in [0.15, 0.2) is 6.61 Å². The second-order valence-corrected chi connectivity index (χ2v) is 14.6. The molecule has 6 rings (SSSR count). The van der Waals surface area contributed by atoms with Crippen molar-refractivity contribution in [3.63, 3.8) is 0 Å². The van der Waals surface area contributed by atoms with Crippen molar-refractivity contribution in [2.45, 2.75) is 43.9 Å². The molecular weight excluding hydrogens is 681 g/mol. The molecule has 4 aromatic rings. The molecule has 2 aliphatic rings. The summed E-state index contributed by atoms with van der Waals surface area (Å²) in [6.07, 6.45) is -0.699. The number of carbonyl (C=O) groups is 3. The van der Waals surface area contributed by atoms with E-state index < -0.39 is 41.1 Å². The third-order valence-electron chi connectivity index (χ3n) is 8.90. The zero-order valence-corrected chi connectivity index (χ0v) is 30.4. The van der Waals surface area contributed by atoms with Gasteiger partial charge in [0.25, 0.3) is 0 Å². The van der Waals surface area contributed by atoms with E-state index in [1.807, 2.05) is 103 Å². The predicted molar refractivity (Wildman–Crippen MR) is 199 cm³/mol. The van der Waals surface area contributed by atoms with Crippen LogP contribution in [0.2, 0.25) is 0 Å². The van der Waals surface area contributed by atoms with Gasteiger partial charge in [-0.05, 0) is 42.3 Å². The van der Waals surface area contributed by atoms with Crippen molar-refractivity contribution in [2.75, 3.05) is 44.1 Å². The number of ether oxygens (including phenoxy) is 5. The van der Waals surface area contributed by atoms with E-state index in [2.05, 4.69) is 19.2 Å². The summed E-state index contributed by atoms with van der Waals surface area (Å²) in [6, 6.07) is 34.7. The lowest BCUT2D eigenvalue weighted by Gasteiger charge is -2.44. The monoisotopic (exact) mass is 724 g/mol. The van der Waals surface area contributed by atoms with Crippen LogP contribution < -0.4 is 10.1 Å². The van der Waals surface area contributed by atoms with E-state index in [0.717, 1.165) is 22.4 Å². The van der Waals surface area contributed by atoms with Crippen molar-refractivity contribution >= 4 is 35.4 Å². The summed E-state index contributed by atoms with van der Waals surface area (Å²) in [7, 11) is 0. The molecule has 2 aliphatic heterocycles. The number of esters is 1. The Labute approximate surface area is 308 Å². The minimum absolute atomic E-state index is 0.0461. The molecule has 0 spiro atoms. The fourth-order valence-electron chi connectivity index (χ4n) is 6.13. The lowest BCUT2D eigenvalue weighted by atomic mass is 9.93. The van der Waals surface area contributed by atoms with E-state index in [4.69, 9.17) is 23.7 Å². The molecular formula is C41H44N2O8S. The topological polar surface area (TPSA) is 113 Å². The summed E-state index contributed by atoms with van der Waals surface area (Å²) in [5.74, 6) is -1.32. The van der Waals surface area contributed by atoms with E-state index in [-0.39, 0.29) is 31.0 Å². The molecule has 0 bridgehead atoms. The Bertz CT molecular complexity index is 1780. The summed E-state index contributed by atoms with van der Waals surface area (Å²) in [4.78, 5) is 41.7. The lowest BCUT2D eigenvalue weighted by Crippen LogP contribution is -2.49. The van der Waals surface area contributed by atoms with Crippen molar-refractivity contribution < 1.29 is 38.1 Å². The molecule has 2 amide bonds. The number of para-hydroxylation sites is 1. The zero-order chi connectivity index (χ0) is 36.6. The van der Waals surface area contributed by atoms with E-state index in [0.29, 0.717) is 19.0 Å². The smallest absolute Gasteiger partial charge is 0.417 e. The number of benzene rings is 4. The first-order valence-electron chi connectivity index (χ1n) is 17.4. The van der Waals surface area contributed by atoms with Crippen molar-refractivity contribution in [1.82, 2.24) is 4.90 Å². The standard InChI is InChI=1S/C41H44N2O8S/c1-4-47-35(44)25-48-33-22-20-30(21-23-33)36(42-32-18-12-7-13-19-32)37(38(45)43-34(24-49-39(43)46)29-14-8-5-9-15-29)52-28-41(31-16-10-6-11-17-31)50-26-40(2,3)27-51-41/h5-23,34,36-37,42H,4,24-28H2,1-3H3/t34-,36+,37-/m1/s1. The van der Waals surface area contributed by atoms with E-state index >= 15 is 4.79 Å². The van der Waals surface area contributed by atoms with Gasteiger partial charge >= 0.3 is 12.1 Å². The van der Waals surface area contributed by atoms with Crippen molar-refractivity contribution in [1.29, 1.82) is 0 Å². The molecule has 0 saturated carbocycles. The Balaban J connectivity index is 1.39. The SMILES string of the molecule is CCOC(=O)COc1ccc([C@H](Nc2ccccc2)[C@@H](SCC2(c3ccccc3)OCC(C)(C)CO2)C(=O)N2C(=O)OC[C@@H]2c2ccccc2)cc1. The largest absolute Gasteiger partial charge is 0.482 e. The van der Waals surface area contributed by atoms with Crippen LogP contribution in [0.3, 0.4) is 0 Å². The van der Waals surface area contributed by atoms with Crippen LogP contribution in [0.25, 0.3) is 0 Å². The van der Waals surface area contributed by atoms with Gasteiger partial charge < -0.3 is 29.0 Å².